The van der Waals surface area contributed by atoms with Crippen LogP contribution in [0.4, 0.5) is 11.4 Å². The SMILES string of the molecule is Cc1ccc(NC(=O)C2(c3ccc(N)cc3)CC2)c(C)n1. The lowest BCUT2D eigenvalue weighted by Gasteiger charge is -2.17. The van der Waals surface area contributed by atoms with Gasteiger partial charge in [0.25, 0.3) is 0 Å². The summed E-state index contributed by atoms with van der Waals surface area (Å²) in [7, 11) is 0. The van der Waals surface area contributed by atoms with Crippen molar-refractivity contribution in [2.45, 2.75) is 32.1 Å². The Hall–Kier alpha value is -2.36. The minimum atomic E-state index is -0.398. The maximum absolute atomic E-state index is 12.6. The predicted octanol–water partition coefficient (Wildman–Crippen LogP) is 2.95. The van der Waals surface area contributed by atoms with Gasteiger partial charge in [0.05, 0.1) is 16.8 Å². The predicted molar refractivity (Wildman–Crippen MR) is 84.1 cm³/mol. The van der Waals surface area contributed by atoms with E-state index in [-0.39, 0.29) is 5.91 Å². The molecular weight excluding hydrogens is 262 g/mol. The molecule has 1 aromatic heterocycles. The van der Waals surface area contributed by atoms with Crippen molar-refractivity contribution in [3.8, 4) is 0 Å². The molecule has 1 amide bonds. The molecule has 4 nitrogen and oxygen atoms in total. The van der Waals surface area contributed by atoms with Gasteiger partial charge in [-0.15, -0.1) is 0 Å². The van der Waals surface area contributed by atoms with Crippen LogP contribution >= 0.6 is 0 Å². The van der Waals surface area contributed by atoms with Gasteiger partial charge >= 0.3 is 0 Å². The van der Waals surface area contributed by atoms with Crippen molar-refractivity contribution < 1.29 is 4.79 Å². The zero-order valence-electron chi connectivity index (χ0n) is 12.3. The Labute approximate surface area is 124 Å². The van der Waals surface area contributed by atoms with Crippen molar-refractivity contribution in [3.05, 3.63) is 53.3 Å². The Kier molecular flexibility index (Phi) is 3.16. The van der Waals surface area contributed by atoms with E-state index in [1.165, 1.54) is 0 Å². The van der Waals surface area contributed by atoms with Gasteiger partial charge in [-0.25, -0.2) is 0 Å². The van der Waals surface area contributed by atoms with Gasteiger partial charge in [-0.05, 0) is 56.5 Å². The molecule has 21 heavy (non-hydrogen) atoms. The Morgan fingerprint density at radius 2 is 1.81 bits per heavy atom. The van der Waals surface area contributed by atoms with Crippen molar-refractivity contribution in [2.75, 3.05) is 11.1 Å². The third kappa shape index (κ3) is 2.49. The summed E-state index contributed by atoms with van der Waals surface area (Å²) in [6.45, 7) is 3.85. The fourth-order valence-electron chi connectivity index (χ4n) is 2.63. The van der Waals surface area contributed by atoms with E-state index in [1.807, 2.05) is 50.2 Å². The van der Waals surface area contributed by atoms with Crippen molar-refractivity contribution in [2.24, 2.45) is 0 Å². The van der Waals surface area contributed by atoms with Crippen LogP contribution in [0, 0.1) is 13.8 Å². The lowest BCUT2D eigenvalue weighted by Crippen LogP contribution is -2.28. The number of carbonyl (C=O) groups is 1. The number of nitrogen functional groups attached to an aromatic ring is 1. The first-order valence-corrected chi connectivity index (χ1v) is 7.13. The quantitative estimate of drug-likeness (QED) is 0.850. The molecule has 108 valence electrons. The van der Waals surface area contributed by atoms with Gasteiger partial charge in [0, 0.05) is 11.4 Å². The molecular formula is C17H19N3O. The van der Waals surface area contributed by atoms with E-state index in [0.29, 0.717) is 5.69 Å². The summed E-state index contributed by atoms with van der Waals surface area (Å²) in [6.07, 6.45) is 1.75. The van der Waals surface area contributed by atoms with Crippen LogP contribution in [0.1, 0.15) is 29.8 Å². The standard InChI is InChI=1S/C17H19N3O/c1-11-3-8-15(12(2)19-11)20-16(21)17(9-10-17)13-4-6-14(18)7-5-13/h3-8H,9-10,18H2,1-2H3,(H,20,21). The van der Waals surface area contributed by atoms with E-state index in [4.69, 9.17) is 5.73 Å². The Balaban J connectivity index is 1.83. The normalized spacial score (nSPS) is 15.5. The highest BCUT2D eigenvalue weighted by Crippen LogP contribution is 2.49. The number of nitrogens with two attached hydrogens (primary N) is 1. The molecule has 1 saturated carbocycles. The summed E-state index contributed by atoms with van der Waals surface area (Å²) in [5.74, 6) is 0.0426. The van der Waals surface area contributed by atoms with Crippen LogP contribution in [0.25, 0.3) is 0 Å². The molecule has 4 heteroatoms. The number of rotatable bonds is 3. The number of hydrogen-bond acceptors (Lipinski definition) is 3. The number of nitrogens with one attached hydrogen (secondary N) is 1. The minimum absolute atomic E-state index is 0.0426. The fourth-order valence-corrected chi connectivity index (χ4v) is 2.63. The second-order valence-electron chi connectivity index (χ2n) is 5.74. The first-order valence-electron chi connectivity index (χ1n) is 7.13. The van der Waals surface area contributed by atoms with Gasteiger partial charge in [-0.1, -0.05) is 12.1 Å². The highest BCUT2D eigenvalue weighted by molar-refractivity contribution is 6.01. The van der Waals surface area contributed by atoms with Crippen LogP contribution in [0.15, 0.2) is 36.4 Å². The summed E-state index contributed by atoms with van der Waals surface area (Å²) >= 11 is 0. The second kappa shape index (κ2) is 4.88. The third-order valence-electron chi connectivity index (χ3n) is 4.12. The average Bonchev–Trinajstić information content (AvgIpc) is 3.24. The number of anilines is 2. The maximum Gasteiger partial charge on any atom is 0.235 e. The van der Waals surface area contributed by atoms with Crippen LogP contribution in [-0.4, -0.2) is 10.9 Å². The summed E-state index contributed by atoms with van der Waals surface area (Å²) < 4.78 is 0. The third-order valence-corrected chi connectivity index (χ3v) is 4.12. The number of amides is 1. The number of pyridine rings is 1. The van der Waals surface area contributed by atoms with Crippen molar-refractivity contribution in [3.63, 3.8) is 0 Å². The monoisotopic (exact) mass is 281 g/mol. The molecule has 1 aromatic carbocycles. The molecule has 3 N–H and O–H groups in total. The Morgan fingerprint density at radius 3 is 2.38 bits per heavy atom. The molecule has 0 spiro atoms. The van der Waals surface area contributed by atoms with Crippen LogP contribution in [0.3, 0.4) is 0 Å². The minimum Gasteiger partial charge on any atom is -0.399 e. The molecule has 0 saturated heterocycles. The topological polar surface area (TPSA) is 68.0 Å². The molecule has 1 heterocycles. The second-order valence-corrected chi connectivity index (χ2v) is 5.74. The molecule has 1 aliphatic rings. The maximum atomic E-state index is 12.6. The zero-order chi connectivity index (χ0) is 15.0. The number of aromatic nitrogens is 1. The summed E-state index contributed by atoms with van der Waals surface area (Å²) in [6, 6.07) is 11.4. The van der Waals surface area contributed by atoms with Crippen molar-refractivity contribution in [1.82, 2.24) is 4.98 Å². The van der Waals surface area contributed by atoms with Crippen molar-refractivity contribution >= 4 is 17.3 Å². The number of aryl methyl sites for hydroxylation is 2. The Bertz CT molecular complexity index is 688. The number of carbonyl (C=O) groups excluding carboxylic acids is 1. The van der Waals surface area contributed by atoms with Crippen molar-refractivity contribution in [1.29, 1.82) is 0 Å². The van der Waals surface area contributed by atoms with E-state index in [0.717, 1.165) is 35.5 Å². The van der Waals surface area contributed by atoms with Gasteiger partial charge in [-0.2, -0.15) is 0 Å². The Morgan fingerprint density at radius 1 is 1.14 bits per heavy atom. The summed E-state index contributed by atoms with van der Waals surface area (Å²) in [5.41, 5.74) is 9.65. The van der Waals surface area contributed by atoms with Crippen LogP contribution in [0.2, 0.25) is 0 Å². The molecule has 3 rings (SSSR count). The van der Waals surface area contributed by atoms with Gasteiger partial charge in [0.2, 0.25) is 5.91 Å². The first kappa shape index (κ1) is 13.6. The van der Waals surface area contributed by atoms with E-state index >= 15 is 0 Å². The lowest BCUT2D eigenvalue weighted by atomic mass is 9.94. The average molecular weight is 281 g/mol. The van der Waals surface area contributed by atoms with E-state index < -0.39 is 5.41 Å². The van der Waals surface area contributed by atoms with Crippen LogP contribution in [-0.2, 0) is 10.2 Å². The van der Waals surface area contributed by atoms with Crippen LogP contribution < -0.4 is 11.1 Å². The van der Waals surface area contributed by atoms with E-state index in [1.54, 1.807) is 0 Å². The molecule has 0 unspecified atom stereocenters. The molecule has 0 radical (unpaired) electrons. The molecule has 0 atom stereocenters. The lowest BCUT2D eigenvalue weighted by molar-refractivity contribution is -0.118. The van der Waals surface area contributed by atoms with E-state index in [9.17, 15) is 4.79 Å². The molecule has 0 aliphatic heterocycles. The van der Waals surface area contributed by atoms with E-state index in [2.05, 4.69) is 10.3 Å². The fraction of sp³-hybridized carbons (Fsp3) is 0.294. The zero-order valence-corrected chi connectivity index (χ0v) is 12.3. The largest absolute Gasteiger partial charge is 0.399 e. The van der Waals surface area contributed by atoms with Gasteiger partial charge in [-0.3, -0.25) is 9.78 Å². The van der Waals surface area contributed by atoms with Gasteiger partial charge in [0.1, 0.15) is 0 Å². The highest BCUT2D eigenvalue weighted by Gasteiger charge is 2.51. The highest BCUT2D eigenvalue weighted by atomic mass is 16.2. The molecule has 2 aromatic rings. The smallest absolute Gasteiger partial charge is 0.235 e. The van der Waals surface area contributed by atoms with Gasteiger partial charge < -0.3 is 11.1 Å². The first-order chi connectivity index (χ1) is 10.0. The summed E-state index contributed by atoms with van der Waals surface area (Å²) in [4.78, 5) is 17.0. The number of nitrogens with zero attached hydrogens (tertiary/aromatic N) is 1. The van der Waals surface area contributed by atoms with Crippen LogP contribution in [0.5, 0.6) is 0 Å². The number of benzene rings is 1. The molecule has 1 aliphatic carbocycles. The van der Waals surface area contributed by atoms with Gasteiger partial charge in [0.15, 0.2) is 0 Å². The summed E-state index contributed by atoms with van der Waals surface area (Å²) in [5, 5.41) is 3.02. The molecule has 1 fully saturated rings. The number of hydrogen-bond donors (Lipinski definition) is 2. The molecule has 0 bridgehead atoms.